The van der Waals surface area contributed by atoms with Gasteiger partial charge >= 0.3 is 0 Å². The molecule has 0 aliphatic rings. The predicted octanol–water partition coefficient (Wildman–Crippen LogP) is 1.76. The number of halogens is 1. The molecule has 11 heteroatoms. The van der Waals surface area contributed by atoms with Gasteiger partial charge in [-0.3, -0.25) is 4.68 Å². The molecule has 0 spiro atoms. The number of primary sulfonamides is 1. The van der Waals surface area contributed by atoms with Crippen LogP contribution in [0.5, 0.6) is 0 Å². The molecule has 2 heterocycles. The van der Waals surface area contributed by atoms with Crippen molar-refractivity contribution in [1.29, 1.82) is 0 Å². The zero-order valence-corrected chi connectivity index (χ0v) is 19.6. The first-order chi connectivity index (χ1) is 13.9. The maximum atomic E-state index is 11.4. The number of aliphatic imine (C=N–C) groups is 1. The van der Waals surface area contributed by atoms with Gasteiger partial charge in [-0.05, 0) is 35.9 Å². The average molecular weight is 544 g/mol. The number of hydrogen-bond donors (Lipinski definition) is 3. The van der Waals surface area contributed by atoms with Gasteiger partial charge in [0.15, 0.2) is 5.96 Å². The molecule has 2 aromatic heterocycles. The van der Waals surface area contributed by atoms with Crippen LogP contribution >= 0.6 is 24.0 Å². The van der Waals surface area contributed by atoms with E-state index in [1.54, 1.807) is 29.3 Å². The van der Waals surface area contributed by atoms with Crippen molar-refractivity contribution >= 4 is 40.0 Å². The van der Waals surface area contributed by atoms with E-state index in [1.165, 1.54) is 12.1 Å². The van der Waals surface area contributed by atoms with Gasteiger partial charge in [0.25, 0.3) is 0 Å². The summed E-state index contributed by atoms with van der Waals surface area (Å²) in [6, 6.07) is 12.1. The number of rotatable bonds is 8. The van der Waals surface area contributed by atoms with E-state index in [9.17, 15) is 8.42 Å². The number of sulfonamides is 1. The van der Waals surface area contributed by atoms with Crippen LogP contribution in [-0.2, 0) is 36.6 Å². The maximum absolute atomic E-state index is 11.4. The number of hydrogen-bond acceptors (Lipinski definition) is 5. The van der Waals surface area contributed by atoms with Crippen LogP contribution in [0.15, 0.2) is 69.2 Å². The molecule has 3 aromatic rings. The van der Waals surface area contributed by atoms with Crippen molar-refractivity contribution < 1.29 is 12.8 Å². The molecular weight excluding hydrogens is 519 g/mol. The molecule has 0 unspecified atom stereocenters. The lowest BCUT2D eigenvalue weighted by Crippen LogP contribution is -2.38. The van der Waals surface area contributed by atoms with E-state index < -0.39 is 10.0 Å². The molecule has 0 aliphatic heterocycles. The lowest BCUT2D eigenvalue weighted by Gasteiger charge is -2.12. The molecule has 0 bridgehead atoms. The molecule has 0 amide bonds. The van der Waals surface area contributed by atoms with Gasteiger partial charge < -0.3 is 15.1 Å². The zero-order valence-electron chi connectivity index (χ0n) is 16.5. The van der Waals surface area contributed by atoms with Crippen LogP contribution in [0.3, 0.4) is 0 Å². The van der Waals surface area contributed by atoms with E-state index in [4.69, 9.17) is 9.56 Å². The number of nitrogens with zero attached hydrogens (tertiary/aromatic N) is 3. The Morgan fingerprint density at radius 3 is 2.57 bits per heavy atom. The second-order valence-electron chi connectivity index (χ2n) is 6.41. The number of furan rings is 1. The summed E-state index contributed by atoms with van der Waals surface area (Å²) in [6.07, 6.45) is 4.11. The van der Waals surface area contributed by atoms with Crippen molar-refractivity contribution in [2.45, 2.75) is 24.4 Å². The molecule has 30 heavy (non-hydrogen) atoms. The Morgan fingerprint density at radius 2 is 1.97 bits per heavy atom. The average Bonchev–Trinajstić information content (AvgIpc) is 3.35. The predicted molar refractivity (Wildman–Crippen MR) is 125 cm³/mol. The van der Waals surface area contributed by atoms with Gasteiger partial charge in [0, 0.05) is 26.2 Å². The number of nitrogens with one attached hydrogen (secondary N) is 2. The summed E-state index contributed by atoms with van der Waals surface area (Å²) in [6.45, 7) is 1.59. The fourth-order valence-electron chi connectivity index (χ4n) is 2.64. The van der Waals surface area contributed by atoms with E-state index in [1.807, 2.05) is 25.2 Å². The van der Waals surface area contributed by atoms with E-state index >= 15 is 0 Å². The monoisotopic (exact) mass is 544 g/mol. The van der Waals surface area contributed by atoms with Gasteiger partial charge in [-0.25, -0.2) is 18.5 Å². The summed E-state index contributed by atoms with van der Waals surface area (Å²) in [5.41, 5.74) is 1.88. The van der Waals surface area contributed by atoms with Crippen LogP contribution in [0.25, 0.3) is 0 Å². The Labute approximate surface area is 192 Å². The first kappa shape index (κ1) is 23.9. The smallest absolute Gasteiger partial charge is 0.238 e. The summed E-state index contributed by atoms with van der Waals surface area (Å²) in [7, 11) is -1.82. The standard InChI is InChI=1S/C19H24N6O3S.HI/c1-25-16(8-11-24-25)14-23-19(21-10-9-17-3-2-12-28-17)22-13-15-4-6-18(7-5-15)29(20,26)27;/h2-8,11-12H,9-10,13-14H2,1H3,(H2,20,26,27)(H2,21,22,23);1H. The largest absolute Gasteiger partial charge is 0.469 e. The summed E-state index contributed by atoms with van der Waals surface area (Å²) in [5, 5.41) is 15.8. The fraction of sp³-hybridized carbons (Fsp3) is 0.263. The third-order valence-electron chi connectivity index (χ3n) is 4.27. The van der Waals surface area contributed by atoms with Crippen LogP contribution in [-0.4, -0.2) is 30.7 Å². The first-order valence-corrected chi connectivity index (χ1v) is 10.6. The molecule has 9 nitrogen and oxygen atoms in total. The molecule has 0 aliphatic carbocycles. The minimum Gasteiger partial charge on any atom is -0.469 e. The van der Waals surface area contributed by atoms with Crippen LogP contribution < -0.4 is 15.8 Å². The highest BCUT2D eigenvalue weighted by Crippen LogP contribution is 2.09. The lowest BCUT2D eigenvalue weighted by atomic mass is 10.2. The Morgan fingerprint density at radius 1 is 1.20 bits per heavy atom. The topological polar surface area (TPSA) is 128 Å². The van der Waals surface area contributed by atoms with Gasteiger partial charge in [-0.15, -0.1) is 24.0 Å². The quantitative estimate of drug-likeness (QED) is 0.225. The second kappa shape index (κ2) is 11.1. The minimum absolute atomic E-state index is 0. The summed E-state index contributed by atoms with van der Waals surface area (Å²) < 4.78 is 29.9. The Hall–Kier alpha value is -2.38. The Bertz CT molecular complexity index is 1050. The fourth-order valence-corrected chi connectivity index (χ4v) is 3.15. The van der Waals surface area contributed by atoms with E-state index in [0.29, 0.717) is 25.6 Å². The minimum atomic E-state index is -3.70. The van der Waals surface area contributed by atoms with Crippen LogP contribution in [0.2, 0.25) is 0 Å². The normalized spacial score (nSPS) is 11.7. The highest BCUT2D eigenvalue weighted by Gasteiger charge is 2.07. The van der Waals surface area contributed by atoms with E-state index in [-0.39, 0.29) is 28.9 Å². The Kier molecular flexibility index (Phi) is 8.87. The van der Waals surface area contributed by atoms with Gasteiger partial charge in [0.05, 0.1) is 29.9 Å². The number of benzene rings is 1. The summed E-state index contributed by atoms with van der Waals surface area (Å²) >= 11 is 0. The molecule has 0 atom stereocenters. The molecule has 162 valence electrons. The van der Waals surface area contributed by atoms with Crippen molar-refractivity contribution in [3.8, 4) is 0 Å². The second-order valence-corrected chi connectivity index (χ2v) is 7.97. The van der Waals surface area contributed by atoms with Crippen molar-refractivity contribution in [3.63, 3.8) is 0 Å². The van der Waals surface area contributed by atoms with Gasteiger partial charge in [-0.1, -0.05) is 12.1 Å². The first-order valence-electron chi connectivity index (χ1n) is 9.05. The zero-order chi connectivity index (χ0) is 20.7. The van der Waals surface area contributed by atoms with Crippen molar-refractivity contribution in [2.24, 2.45) is 17.2 Å². The van der Waals surface area contributed by atoms with Crippen molar-refractivity contribution in [1.82, 2.24) is 20.4 Å². The maximum Gasteiger partial charge on any atom is 0.238 e. The van der Waals surface area contributed by atoms with Crippen LogP contribution in [0, 0.1) is 0 Å². The lowest BCUT2D eigenvalue weighted by molar-refractivity contribution is 0.506. The number of aromatic nitrogens is 2. The van der Waals surface area contributed by atoms with E-state index in [2.05, 4.69) is 20.7 Å². The molecule has 0 saturated carbocycles. The van der Waals surface area contributed by atoms with E-state index in [0.717, 1.165) is 23.4 Å². The highest BCUT2D eigenvalue weighted by atomic mass is 127. The molecule has 0 saturated heterocycles. The third-order valence-corrected chi connectivity index (χ3v) is 5.20. The third kappa shape index (κ3) is 7.15. The molecule has 1 aromatic carbocycles. The highest BCUT2D eigenvalue weighted by molar-refractivity contribution is 14.0. The van der Waals surface area contributed by atoms with Crippen LogP contribution in [0.4, 0.5) is 0 Å². The SMILES string of the molecule is Cn1nccc1CNC(=NCc1ccc(S(N)(=O)=O)cc1)NCCc1ccco1.I. The molecule has 3 rings (SSSR count). The number of nitrogens with two attached hydrogens (primary N) is 1. The molecule has 4 N–H and O–H groups in total. The van der Waals surface area contributed by atoms with Gasteiger partial charge in [0.1, 0.15) is 5.76 Å². The van der Waals surface area contributed by atoms with Gasteiger partial charge in [0.2, 0.25) is 10.0 Å². The van der Waals surface area contributed by atoms with Crippen LogP contribution in [0.1, 0.15) is 17.0 Å². The molecular formula is C19H25IN6O3S. The number of aryl methyl sites for hydroxylation is 1. The van der Waals surface area contributed by atoms with Crippen molar-refractivity contribution in [2.75, 3.05) is 6.54 Å². The molecule has 0 fully saturated rings. The Balaban J connectivity index is 0.00000320. The summed E-state index contributed by atoms with van der Waals surface area (Å²) in [5.74, 6) is 1.52. The van der Waals surface area contributed by atoms with Gasteiger partial charge in [-0.2, -0.15) is 5.10 Å². The summed E-state index contributed by atoms with van der Waals surface area (Å²) in [4.78, 5) is 4.67. The van der Waals surface area contributed by atoms with Crippen molar-refractivity contribution in [3.05, 3.63) is 71.9 Å². The molecule has 0 radical (unpaired) electrons. The number of guanidine groups is 1.